The Morgan fingerprint density at radius 3 is 2.32 bits per heavy atom. The summed E-state index contributed by atoms with van der Waals surface area (Å²) < 4.78 is 6.12. The highest BCUT2D eigenvalue weighted by molar-refractivity contribution is 14.0. The van der Waals surface area contributed by atoms with Gasteiger partial charge in [-0.2, -0.15) is 0 Å². The zero-order valence-electron chi connectivity index (χ0n) is 16.9. The van der Waals surface area contributed by atoms with E-state index in [1.807, 2.05) is 7.05 Å². The molecule has 2 aliphatic heterocycles. The molecule has 0 aromatic carbocycles. The van der Waals surface area contributed by atoms with Crippen molar-refractivity contribution in [1.82, 2.24) is 20.0 Å². The van der Waals surface area contributed by atoms with Gasteiger partial charge in [-0.3, -0.25) is 9.89 Å². The molecule has 1 atom stereocenters. The fourth-order valence-electron chi connectivity index (χ4n) is 3.55. The standard InChI is InChI=1S/C18H37N5O.HI/c1-18(2,3)24-16-7-9-23(10-8-16)17(19-4)20-13-15-14-21(5)11-12-22(15)6;/h15-16H,7-14H2,1-6H3,(H,19,20);1H. The molecule has 2 fully saturated rings. The molecular formula is C18H38IN5O. The van der Waals surface area contributed by atoms with Crippen LogP contribution in [0.1, 0.15) is 33.6 Å². The van der Waals surface area contributed by atoms with Crippen LogP contribution in [0, 0.1) is 0 Å². The topological polar surface area (TPSA) is 43.3 Å². The number of piperidine rings is 1. The Morgan fingerprint density at radius 1 is 1.12 bits per heavy atom. The summed E-state index contributed by atoms with van der Waals surface area (Å²) in [5.74, 6) is 1.03. The van der Waals surface area contributed by atoms with Crippen molar-refractivity contribution >= 4 is 29.9 Å². The molecule has 1 N–H and O–H groups in total. The lowest BCUT2D eigenvalue weighted by Gasteiger charge is -2.40. The van der Waals surface area contributed by atoms with E-state index in [0.717, 1.165) is 58.1 Å². The summed E-state index contributed by atoms with van der Waals surface area (Å²) in [6.45, 7) is 12.8. The van der Waals surface area contributed by atoms with Gasteiger partial charge >= 0.3 is 0 Å². The van der Waals surface area contributed by atoms with E-state index in [1.165, 1.54) is 0 Å². The van der Waals surface area contributed by atoms with E-state index in [-0.39, 0.29) is 29.6 Å². The van der Waals surface area contributed by atoms with Crippen LogP contribution in [0.25, 0.3) is 0 Å². The summed E-state index contributed by atoms with van der Waals surface area (Å²) in [5, 5.41) is 3.59. The fourth-order valence-corrected chi connectivity index (χ4v) is 3.55. The van der Waals surface area contributed by atoms with E-state index < -0.39 is 0 Å². The van der Waals surface area contributed by atoms with Crippen molar-refractivity contribution < 1.29 is 4.74 Å². The highest BCUT2D eigenvalue weighted by atomic mass is 127. The van der Waals surface area contributed by atoms with Crippen LogP contribution in [0.3, 0.4) is 0 Å². The zero-order chi connectivity index (χ0) is 17.7. The molecule has 0 bridgehead atoms. The van der Waals surface area contributed by atoms with Crippen LogP contribution in [0.5, 0.6) is 0 Å². The number of likely N-dealkylation sites (N-methyl/N-ethyl adjacent to an activating group) is 2. The Hall–Kier alpha value is -0.120. The van der Waals surface area contributed by atoms with Crippen LogP contribution in [-0.4, -0.2) is 98.8 Å². The number of likely N-dealkylation sites (tertiary alicyclic amines) is 1. The quantitative estimate of drug-likeness (QED) is 0.389. The largest absolute Gasteiger partial charge is 0.372 e. The highest BCUT2D eigenvalue weighted by Gasteiger charge is 2.27. The number of ether oxygens (including phenoxy) is 1. The van der Waals surface area contributed by atoms with Gasteiger partial charge < -0.3 is 19.9 Å². The second-order valence-electron chi connectivity index (χ2n) is 8.24. The van der Waals surface area contributed by atoms with E-state index in [2.05, 4.69) is 59.9 Å². The maximum Gasteiger partial charge on any atom is 0.193 e. The molecule has 2 saturated heterocycles. The molecule has 0 radical (unpaired) electrons. The second-order valence-corrected chi connectivity index (χ2v) is 8.24. The lowest BCUT2D eigenvalue weighted by atomic mass is 10.1. The number of rotatable bonds is 3. The third-order valence-corrected chi connectivity index (χ3v) is 4.95. The minimum atomic E-state index is -0.0512. The van der Waals surface area contributed by atoms with Crippen molar-refractivity contribution in [2.45, 2.75) is 51.4 Å². The van der Waals surface area contributed by atoms with Crippen LogP contribution in [-0.2, 0) is 4.74 Å². The summed E-state index contributed by atoms with van der Waals surface area (Å²) in [6, 6.07) is 0.544. The summed E-state index contributed by atoms with van der Waals surface area (Å²) in [4.78, 5) is 11.7. The van der Waals surface area contributed by atoms with Crippen molar-refractivity contribution in [1.29, 1.82) is 0 Å². The average molecular weight is 467 g/mol. The number of nitrogens with one attached hydrogen (secondary N) is 1. The number of guanidine groups is 1. The Morgan fingerprint density at radius 2 is 1.76 bits per heavy atom. The number of aliphatic imine (C=N–C) groups is 1. The van der Waals surface area contributed by atoms with E-state index in [9.17, 15) is 0 Å². The van der Waals surface area contributed by atoms with Gasteiger partial charge in [-0.1, -0.05) is 0 Å². The molecule has 148 valence electrons. The van der Waals surface area contributed by atoms with E-state index in [4.69, 9.17) is 4.74 Å². The molecule has 2 heterocycles. The predicted octanol–water partition coefficient (Wildman–Crippen LogP) is 1.71. The normalized spacial score (nSPS) is 25.0. The molecule has 1 unspecified atom stereocenters. The summed E-state index contributed by atoms with van der Waals surface area (Å²) in [5.41, 5.74) is -0.0512. The van der Waals surface area contributed by atoms with E-state index in [0.29, 0.717) is 12.1 Å². The first-order valence-electron chi connectivity index (χ1n) is 9.30. The third-order valence-electron chi connectivity index (χ3n) is 4.95. The predicted molar refractivity (Wildman–Crippen MR) is 116 cm³/mol. The molecule has 0 aromatic rings. The lowest BCUT2D eigenvalue weighted by Crippen LogP contribution is -2.56. The zero-order valence-corrected chi connectivity index (χ0v) is 19.2. The fraction of sp³-hybridized carbons (Fsp3) is 0.944. The Labute approximate surface area is 171 Å². The highest BCUT2D eigenvalue weighted by Crippen LogP contribution is 2.20. The lowest BCUT2D eigenvalue weighted by molar-refractivity contribution is -0.0773. The number of halogens is 1. The smallest absolute Gasteiger partial charge is 0.193 e. The summed E-state index contributed by atoms with van der Waals surface area (Å²) in [7, 11) is 6.31. The monoisotopic (exact) mass is 467 g/mol. The van der Waals surface area contributed by atoms with Crippen molar-refractivity contribution in [3.63, 3.8) is 0 Å². The Kier molecular flexibility index (Phi) is 9.42. The average Bonchev–Trinajstić information content (AvgIpc) is 2.51. The summed E-state index contributed by atoms with van der Waals surface area (Å²) >= 11 is 0. The van der Waals surface area contributed by atoms with Crippen molar-refractivity contribution in [2.24, 2.45) is 4.99 Å². The SMILES string of the molecule is CN=C(NCC1CN(C)CCN1C)N1CCC(OC(C)(C)C)CC1.I. The van der Waals surface area contributed by atoms with Gasteiger partial charge in [0.25, 0.3) is 0 Å². The molecule has 25 heavy (non-hydrogen) atoms. The van der Waals surface area contributed by atoms with Gasteiger partial charge in [0.05, 0.1) is 11.7 Å². The van der Waals surface area contributed by atoms with Gasteiger partial charge in [0.2, 0.25) is 0 Å². The van der Waals surface area contributed by atoms with Gasteiger partial charge in [0.1, 0.15) is 0 Å². The van der Waals surface area contributed by atoms with Gasteiger partial charge in [0.15, 0.2) is 5.96 Å². The van der Waals surface area contributed by atoms with Crippen LogP contribution in [0.4, 0.5) is 0 Å². The molecule has 0 aromatic heterocycles. The van der Waals surface area contributed by atoms with Crippen LogP contribution in [0.2, 0.25) is 0 Å². The van der Waals surface area contributed by atoms with Crippen LogP contribution >= 0.6 is 24.0 Å². The van der Waals surface area contributed by atoms with E-state index in [1.54, 1.807) is 0 Å². The molecule has 0 saturated carbocycles. The molecule has 0 spiro atoms. The van der Waals surface area contributed by atoms with Gasteiger partial charge in [-0.25, -0.2) is 0 Å². The van der Waals surface area contributed by atoms with Crippen LogP contribution in [0.15, 0.2) is 4.99 Å². The maximum absolute atomic E-state index is 6.12. The first-order valence-corrected chi connectivity index (χ1v) is 9.30. The molecule has 2 rings (SSSR count). The second kappa shape index (κ2) is 10.3. The molecule has 7 heteroatoms. The first-order chi connectivity index (χ1) is 11.3. The number of piperazine rings is 1. The number of hydrogen-bond acceptors (Lipinski definition) is 4. The minimum absolute atomic E-state index is 0. The number of hydrogen-bond donors (Lipinski definition) is 1. The van der Waals surface area contributed by atoms with Gasteiger partial charge in [-0.15, -0.1) is 24.0 Å². The van der Waals surface area contributed by atoms with Crippen molar-refractivity contribution in [2.75, 3.05) is 60.4 Å². The van der Waals surface area contributed by atoms with Crippen molar-refractivity contribution in [3.05, 3.63) is 0 Å². The third kappa shape index (κ3) is 7.56. The first kappa shape index (κ1) is 22.9. The minimum Gasteiger partial charge on any atom is -0.372 e. The molecule has 2 aliphatic rings. The molecule has 6 nitrogen and oxygen atoms in total. The molecule has 0 amide bonds. The molecular weight excluding hydrogens is 429 g/mol. The molecule has 0 aliphatic carbocycles. The van der Waals surface area contributed by atoms with Crippen molar-refractivity contribution in [3.8, 4) is 0 Å². The number of nitrogens with zero attached hydrogens (tertiary/aromatic N) is 4. The Bertz CT molecular complexity index is 418. The van der Waals surface area contributed by atoms with Crippen LogP contribution < -0.4 is 5.32 Å². The Balaban J connectivity index is 0.00000312. The maximum atomic E-state index is 6.12. The van der Waals surface area contributed by atoms with Gasteiger partial charge in [-0.05, 0) is 47.7 Å². The summed E-state index contributed by atoms with van der Waals surface area (Å²) in [6.07, 6.45) is 2.52. The van der Waals surface area contributed by atoms with E-state index >= 15 is 0 Å². The van der Waals surface area contributed by atoms with Gasteiger partial charge in [0, 0.05) is 52.4 Å².